The molecule has 0 saturated heterocycles. The largest absolute Gasteiger partial charge is 0.431 e. The van der Waals surface area contributed by atoms with E-state index < -0.39 is 47.4 Å². The number of amides is 2. The normalized spacial score (nSPS) is 12.6. The highest BCUT2D eigenvalue weighted by atomic mass is 19.4. The molecule has 3 N–H and O–H groups in total. The maximum Gasteiger partial charge on any atom is 0.431 e. The van der Waals surface area contributed by atoms with Crippen molar-refractivity contribution in [2.75, 3.05) is 0 Å². The van der Waals surface area contributed by atoms with Crippen LogP contribution in [0.5, 0.6) is 0 Å². The van der Waals surface area contributed by atoms with Crippen molar-refractivity contribution in [2.45, 2.75) is 32.6 Å². The lowest BCUT2D eigenvalue weighted by molar-refractivity contribution is -0.144. The zero-order valence-corrected chi connectivity index (χ0v) is 15.3. The summed E-state index contributed by atoms with van der Waals surface area (Å²) in [5, 5.41) is 2.65. The van der Waals surface area contributed by atoms with Crippen LogP contribution in [-0.2, 0) is 17.5 Å². The average Bonchev–Trinajstić information content (AvgIpc) is 2.60. The Morgan fingerprint density at radius 3 is 2.21 bits per heavy atom. The third kappa shape index (κ3) is 4.79. The number of nitrogens with zero attached hydrogens (tertiary/aromatic N) is 1. The molecule has 0 aliphatic rings. The van der Waals surface area contributed by atoms with Crippen molar-refractivity contribution in [2.24, 2.45) is 11.7 Å². The van der Waals surface area contributed by atoms with Crippen LogP contribution >= 0.6 is 0 Å². The van der Waals surface area contributed by atoms with Gasteiger partial charge in [-0.1, -0.05) is 44.2 Å². The average molecular weight is 395 g/mol. The first-order valence-corrected chi connectivity index (χ1v) is 8.47. The van der Waals surface area contributed by atoms with Crippen molar-refractivity contribution >= 4 is 11.8 Å². The number of rotatable bonds is 6. The van der Waals surface area contributed by atoms with Crippen LogP contribution < -0.4 is 16.6 Å². The molecule has 28 heavy (non-hydrogen) atoms. The number of alkyl halides is 3. The second kappa shape index (κ2) is 8.28. The number of primary amides is 1. The molecule has 0 bridgehead atoms. The minimum absolute atomic E-state index is 0.0536. The van der Waals surface area contributed by atoms with Crippen LogP contribution in [0, 0.1) is 5.92 Å². The van der Waals surface area contributed by atoms with Crippen LogP contribution in [0.15, 0.2) is 47.3 Å². The van der Waals surface area contributed by atoms with Gasteiger partial charge in [-0.2, -0.15) is 13.2 Å². The molecule has 6 nitrogen and oxygen atoms in total. The Bertz CT molecular complexity index is 922. The Morgan fingerprint density at radius 2 is 1.71 bits per heavy atom. The summed E-state index contributed by atoms with van der Waals surface area (Å²) in [7, 11) is 0. The van der Waals surface area contributed by atoms with E-state index in [1.807, 2.05) is 13.8 Å². The summed E-state index contributed by atoms with van der Waals surface area (Å²) in [5.74, 6) is -2.02. The Balaban J connectivity index is 2.38. The summed E-state index contributed by atoms with van der Waals surface area (Å²) in [6.07, 6.45) is -4.88. The van der Waals surface area contributed by atoms with Crippen LogP contribution in [0.3, 0.4) is 0 Å². The number of nitrogens with one attached hydrogen (secondary N) is 1. The number of hydrogen-bond donors (Lipinski definition) is 2. The highest BCUT2D eigenvalue weighted by Crippen LogP contribution is 2.28. The number of carbonyl (C=O) groups excluding carboxylic acids is 2. The number of nitrogens with two attached hydrogens (primary N) is 1. The number of aromatic nitrogens is 1. The summed E-state index contributed by atoms with van der Waals surface area (Å²) in [4.78, 5) is 36.0. The van der Waals surface area contributed by atoms with Gasteiger partial charge in [0.2, 0.25) is 5.91 Å². The lowest BCUT2D eigenvalue weighted by atomic mass is 9.96. The van der Waals surface area contributed by atoms with Crippen LogP contribution in [0.4, 0.5) is 13.2 Å². The molecule has 1 heterocycles. The Kier molecular flexibility index (Phi) is 6.27. The van der Waals surface area contributed by atoms with E-state index in [2.05, 4.69) is 5.32 Å². The van der Waals surface area contributed by atoms with Crippen LogP contribution in [0.2, 0.25) is 0 Å². The van der Waals surface area contributed by atoms with Crippen molar-refractivity contribution in [3.8, 4) is 0 Å². The van der Waals surface area contributed by atoms with E-state index in [0.29, 0.717) is 12.1 Å². The van der Waals surface area contributed by atoms with Gasteiger partial charge in [-0.15, -0.1) is 0 Å². The lowest BCUT2D eigenvalue weighted by Gasteiger charge is -2.24. The fourth-order valence-electron chi connectivity index (χ4n) is 2.83. The SMILES string of the molecule is CC(C)[C@H](NC(=O)Cn1c(C(F)(F)F)ccc(C(N)=O)c1=O)c1ccccc1. The zero-order valence-electron chi connectivity index (χ0n) is 15.3. The molecule has 150 valence electrons. The van der Waals surface area contributed by atoms with Gasteiger partial charge in [0.05, 0.1) is 6.04 Å². The lowest BCUT2D eigenvalue weighted by Crippen LogP contribution is -2.40. The molecule has 0 aliphatic carbocycles. The van der Waals surface area contributed by atoms with Crippen molar-refractivity contribution in [1.29, 1.82) is 0 Å². The maximum atomic E-state index is 13.3. The highest BCUT2D eigenvalue weighted by Gasteiger charge is 2.35. The first kappa shape index (κ1) is 21.2. The van der Waals surface area contributed by atoms with Crippen molar-refractivity contribution in [3.05, 3.63) is 69.6 Å². The molecule has 2 aromatic rings. The van der Waals surface area contributed by atoms with Gasteiger partial charge in [-0.05, 0) is 23.6 Å². The van der Waals surface area contributed by atoms with Gasteiger partial charge in [-0.25, -0.2) is 0 Å². The van der Waals surface area contributed by atoms with Gasteiger partial charge in [-0.3, -0.25) is 19.0 Å². The molecular weight excluding hydrogens is 375 g/mol. The summed E-state index contributed by atoms with van der Waals surface area (Å²) in [6.45, 7) is 2.79. The molecule has 2 rings (SSSR count). The maximum absolute atomic E-state index is 13.3. The second-order valence-corrected chi connectivity index (χ2v) is 6.59. The smallest absolute Gasteiger partial charge is 0.365 e. The van der Waals surface area contributed by atoms with E-state index in [0.717, 1.165) is 5.56 Å². The number of benzene rings is 1. The molecule has 0 fully saturated rings. The molecular formula is C19H20F3N3O3. The van der Waals surface area contributed by atoms with E-state index in [1.54, 1.807) is 30.3 Å². The minimum atomic E-state index is -4.88. The van der Waals surface area contributed by atoms with E-state index >= 15 is 0 Å². The standard InChI is InChI=1S/C19H20F3N3O3/c1-11(2)16(12-6-4-3-5-7-12)24-15(26)10-25-14(19(20,21)22)9-8-13(17(23)27)18(25)28/h3-9,11,16H,10H2,1-2H3,(H2,23,27)(H,24,26)/t16-/m0/s1. The summed E-state index contributed by atoms with van der Waals surface area (Å²) < 4.78 is 40.0. The van der Waals surface area contributed by atoms with Crippen molar-refractivity contribution < 1.29 is 22.8 Å². The van der Waals surface area contributed by atoms with Crippen LogP contribution in [0.25, 0.3) is 0 Å². The topological polar surface area (TPSA) is 94.2 Å². The second-order valence-electron chi connectivity index (χ2n) is 6.59. The van der Waals surface area contributed by atoms with E-state index in [-0.39, 0.29) is 10.5 Å². The molecule has 0 unspecified atom stereocenters. The number of hydrogen-bond acceptors (Lipinski definition) is 3. The summed E-state index contributed by atoms with van der Waals surface area (Å²) >= 11 is 0. The first-order valence-electron chi connectivity index (χ1n) is 8.47. The first-order chi connectivity index (χ1) is 13.0. The summed E-state index contributed by atoms with van der Waals surface area (Å²) in [6, 6.07) is 9.73. The van der Waals surface area contributed by atoms with Crippen LogP contribution in [-0.4, -0.2) is 16.4 Å². The quantitative estimate of drug-likeness (QED) is 0.787. The van der Waals surface area contributed by atoms with E-state index in [1.165, 1.54) is 0 Å². The predicted molar refractivity (Wildman–Crippen MR) is 96.4 cm³/mol. The zero-order chi connectivity index (χ0) is 21.1. The molecule has 9 heteroatoms. The van der Waals surface area contributed by atoms with Gasteiger partial charge in [0.1, 0.15) is 17.8 Å². The number of pyridine rings is 1. The molecule has 0 saturated carbocycles. The Hall–Kier alpha value is -3.10. The number of carbonyl (C=O) groups is 2. The molecule has 0 radical (unpaired) electrons. The molecule has 0 aliphatic heterocycles. The third-order valence-electron chi connectivity index (χ3n) is 4.17. The van der Waals surface area contributed by atoms with Gasteiger partial charge < -0.3 is 11.1 Å². The van der Waals surface area contributed by atoms with E-state index in [4.69, 9.17) is 5.73 Å². The minimum Gasteiger partial charge on any atom is -0.365 e. The van der Waals surface area contributed by atoms with E-state index in [9.17, 15) is 27.6 Å². The van der Waals surface area contributed by atoms with Gasteiger partial charge in [0.25, 0.3) is 11.5 Å². The van der Waals surface area contributed by atoms with Crippen molar-refractivity contribution in [3.63, 3.8) is 0 Å². The fraction of sp³-hybridized carbons (Fsp3) is 0.316. The molecule has 1 aromatic heterocycles. The third-order valence-corrected chi connectivity index (χ3v) is 4.17. The molecule has 1 aromatic carbocycles. The fourth-order valence-corrected chi connectivity index (χ4v) is 2.83. The van der Waals surface area contributed by atoms with Crippen LogP contribution in [0.1, 0.15) is 41.5 Å². The van der Waals surface area contributed by atoms with Gasteiger partial charge >= 0.3 is 6.18 Å². The Labute approximate surface area is 159 Å². The predicted octanol–water partition coefficient (Wildman–Crippen LogP) is 2.48. The monoisotopic (exact) mass is 395 g/mol. The molecule has 0 spiro atoms. The summed E-state index contributed by atoms with van der Waals surface area (Å²) in [5.41, 5.74) is 2.59. The van der Waals surface area contributed by atoms with Crippen molar-refractivity contribution in [1.82, 2.24) is 9.88 Å². The molecule has 1 atom stereocenters. The number of halogens is 3. The van der Waals surface area contributed by atoms with Gasteiger partial charge in [0, 0.05) is 0 Å². The highest BCUT2D eigenvalue weighted by molar-refractivity contribution is 5.92. The van der Waals surface area contributed by atoms with Gasteiger partial charge in [0.15, 0.2) is 0 Å². The molecule has 2 amide bonds. The Morgan fingerprint density at radius 1 is 1.11 bits per heavy atom.